The normalized spacial score (nSPS) is 10.6. The molecule has 0 aliphatic rings. The molecule has 188 valence electrons. The number of hydrogen-bond acceptors (Lipinski definition) is 0. The summed E-state index contributed by atoms with van der Waals surface area (Å²) in [5.74, 6) is 0. The molecular formula is C32H42Cl2Zr. The molecule has 0 amide bonds. The fourth-order valence-corrected chi connectivity index (χ4v) is 5.18. The predicted molar refractivity (Wildman–Crippen MR) is 157 cm³/mol. The molecular weight excluding hydrogens is 546 g/mol. The zero-order chi connectivity index (χ0) is 26.4. The molecule has 0 aliphatic heterocycles. The Morgan fingerprint density at radius 2 is 0.829 bits per heavy atom. The third-order valence-electron chi connectivity index (χ3n) is 7.97. The van der Waals surface area contributed by atoms with Gasteiger partial charge >= 0.3 is 37.9 Å². The maximum absolute atomic E-state index is 4.93. The van der Waals surface area contributed by atoms with Gasteiger partial charge in [-0.05, 0) is 54.4 Å². The van der Waals surface area contributed by atoms with E-state index in [1.165, 1.54) is 103 Å². The van der Waals surface area contributed by atoms with Crippen molar-refractivity contribution in [2.24, 2.45) is 0 Å². The van der Waals surface area contributed by atoms with Gasteiger partial charge in [0.15, 0.2) is 0 Å². The third-order valence-corrected chi connectivity index (χ3v) is 7.97. The van der Waals surface area contributed by atoms with Crippen molar-refractivity contribution in [1.29, 1.82) is 0 Å². The third kappa shape index (κ3) is 6.72. The Morgan fingerprint density at radius 1 is 0.543 bits per heavy atom. The molecule has 35 heavy (non-hydrogen) atoms. The van der Waals surface area contributed by atoms with Crippen LogP contribution in [-0.4, -0.2) is 0 Å². The summed E-state index contributed by atoms with van der Waals surface area (Å²) in [6.45, 7) is 22.4. The number of benzene rings is 2. The summed E-state index contributed by atoms with van der Waals surface area (Å²) < 4.78 is 0. The van der Waals surface area contributed by atoms with Crippen LogP contribution in [0, 0.1) is 55.4 Å². The van der Waals surface area contributed by atoms with Crippen molar-refractivity contribution < 1.29 is 20.8 Å². The van der Waals surface area contributed by atoms with E-state index in [9.17, 15) is 0 Å². The van der Waals surface area contributed by atoms with Crippen LogP contribution >= 0.6 is 17.0 Å². The summed E-state index contributed by atoms with van der Waals surface area (Å²) in [6.07, 6.45) is 4.86. The van der Waals surface area contributed by atoms with Crippen molar-refractivity contribution in [3.63, 3.8) is 0 Å². The van der Waals surface area contributed by atoms with E-state index in [0.717, 1.165) is 0 Å². The molecule has 0 spiro atoms. The average molecular weight is 589 g/mol. The van der Waals surface area contributed by atoms with E-state index in [-0.39, 0.29) is 0 Å². The number of fused-ring (bicyclic) bond motifs is 2. The molecule has 0 bridgehead atoms. The SMILES string of the molecule is CCCc1cc2c(C)c(C)c(C)c(C)c2[cH-]1.CCCc1cc2c(C)c(C)c(C)c(C)c2[cH-]1.[Cl][Zr+2][Cl]. The molecule has 0 N–H and O–H groups in total. The summed E-state index contributed by atoms with van der Waals surface area (Å²) in [5.41, 5.74) is 14.7. The topological polar surface area (TPSA) is 0 Å². The number of aryl methyl sites for hydroxylation is 6. The van der Waals surface area contributed by atoms with Gasteiger partial charge in [0, 0.05) is 0 Å². The summed E-state index contributed by atoms with van der Waals surface area (Å²) in [7, 11) is 9.87. The van der Waals surface area contributed by atoms with Gasteiger partial charge < -0.3 is 0 Å². The van der Waals surface area contributed by atoms with Crippen molar-refractivity contribution >= 4 is 38.6 Å². The van der Waals surface area contributed by atoms with Crippen LogP contribution in [0.2, 0.25) is 0 Å². The van der Waals surface area contributed by atoms with Crippen LogP contribution < -0.4 is 0 Å². The summed E-state index contributed by atoms with van der Waals surface area (Å²) in [4.78, 5) is 0. The molecule has 4 aromatic rings. The summed E-state index contributed by atoms with van der Waals surface area (Å²) in [6, 6.07) is 9.53. The molecule has 3 heteroatoms. The Morgan fingerprint density at radius 3 is 1.11 bits per heavy atom. The van der Waals surface area contributed by atoms with E-state index in [2.05, 4.69) is 93.5 Å². The predicted octanol–water partition coefficient (Wildman–Crippen LogP) is 10.9. The van der Waals surface area contributed by atoms with Crippen LogP contribution in [0.3, 0.4) is 0 Å². The van der Waals surface area contributed by atoms with E-state index >= 15 is 0 Å². The van der Waals surface area contributed by atoms with Gasteiger partial charge in [0.05, 0.1) is 0 Å². The number of rotatable bonds is 4. The van der Waals surface area contributed by atoms with Crippen LogP contribution in [0.15, 0.2) is 24.3 Å². The van der Waals surface area contributed by atoms with Crippen LogP contribution in [0.1, 0.15) is 82.3 Å². The molecule has 0 nitrogen and oxygen atoms in total. The molecule has 0 fully saturated rings. The van der Waals surface area contributed by atoms with Gasteiger partial charge in [-0.2, -0.15) is 12.1 Å². The van der Waals surface area contributed by atoms with Crippen molar-refractivity contribution in [2.75, 3.05) is 0 Å². The second-order valence-electron chi connectivity index (χ2n) is 9.95. The van der Waals surface area contributed by atoms with Gasteiger partial charge in [0.1, 0.15) is 0 Å². The Hall–Kier alpha value is -0.877. The van der Waals surface area contributed by atoms with E-state index in [4.69, 9.17) is 17.0 Å². The molecule has 0 heterocycles. The first-order chi connectivity index (χ1) is 16.5. The van der Waals surface area contributed by atoms with Gasteiger partial charge in [-0.3, -0.25) is 0 Å². The Kier molecular flexibility index (Phi) is 11.8. The number of halogens is 2. The van der Waals surface area contributed by atoms with Gasteiger partial charge in [0.25, 0.3) is 0 Å². The van der Waals surface area contributed by atoms with E-state index in [1.54, 1.807) is 0 Å². The first kappa shape index (κ1) is 30.3. The minimum atomic E-state index is -0.826. The standard InChI is InChI=1S/2C16H21.2ClH.Zr/c2*1-6-7-14-8-15-12(4)10(2)11(3)13(5)16(15)9-14;;;/h2*8-9H,6-7H2,1-5H3;2*1H;/q2*-1;;;+4/p-2. The van der Waals surface area contributed by atoms with E-state index in [0.29, 0.717) is 0 Å². The van der Waals surface area contributed by atoms with Gasteiger partial charge in [-0.25, -0.2) is 0 Å². The first-order valence-electron chi connectivity index (χ1n) is 12.8. The monoisotopic (exact) mass is 586 g/mol. The van der Waals surface area contributed by atoms with Gasteiger partial charge in [-0.15, -0.1) is 55.9 Å². The van der Waals surface area contributed by atoms with Crippen molar-refractivity contribution in [3.05, 3.63) is 79.9 Å². The molecule has 4 aromatic carbocycles. The minimum absolute atomic E-state index is 0.826. The molecule has 0 radical (unpaired) electrons. The van der Waals surface area contributed by atoms with Crippen molar-refractivity contribution in [3.8, 4) is 0 Å². The van der Waals surface area contributed by atoms with E-state index in [1.807, 2.05) is 0 Å². The fraction of sp³-hybridized carbons (Fsp3) is 0.438. The molecule has 0 saturated carbocycles. The molecule has 0 unspecified atom stereocenters. The maximum atomic E-state index is 4.93. The van der Waals surface area contributed by atoms with Crippen molar-refractivity contribution in [2.45, 2.75) is 94.9 Å². The zero-order valence-electron chi connectivity index (χ0n) is 23.4. The van der Waals surface area contributed by atoms with Crippen LogP contribution in [0.4, 0.5) is 0 Å². The van der Waals surface area contributed by atoms with Crippen molar-refractivity contribution in [1.82, 2.24) is 0 Å². The van der Waals surface area contributed by atoms with Gasteiger partial charge in [0.2, 0.25) is 0 Å². The quantitative estimate of drug-likeness (QED) is 0.208. The zero-order valence-corrected chi connectivity index (χ0v) is 27.4. The van der Waals surface area contributed by atoms with E-state index < -0.39 is 20.8 Å². The second-order valence-corrected chi connectivity index (χ2v) is 13.7. The molecule has 0 aliphatic carbocycles. The van der Waals surface area contributed by atoms with Crippen LogP contribution in [0.5, 0.6) is 0 Å². The fourth-order valence-electron chi connectivity index (χ4n) is 5.18. The summed E-state index contributed by atoms with van der Waals surface area (Å²) in [5, 5.41) is 5.85. The molecule has 0 atom stereocenters. The Bertz CT molecular complexity index is 1100. The first-order valence-corrected chi connectivity index (χ1v) is 19.1. The number of hydrogen-bond donors (Lipinski definition) is 0. The average Bonchev–Trinajstić information content (AvgIpc) is 3.45. The molecule has 4 rings (SSSR count). The van der Waals surface area contributed by atoms with Crippen LogP contribution in [-0.2, 0) is 33.7 Å². The molecule has 0 aromatic heterocycles. The Balaban J connectivity index is 0.000000222. The molecule has 0 saturated heterocycles. The summed E-state index contributed by atoms with van der Waals surface area (Å²) >= 11 is -0.826. The Labute approximate surface area is 232 Å². The second kappa shape index (κ2) is 13.6. The van der Waals surface area contributed by atoms with Gasteiger partial charge in [-0.1, -0.05) is 73.9 Å². The van der Waals surface area contributed by atoms with Crippen LogP contribution in [0.25, 0.3) is 21.5 Å².